The summed E-state index contributed by atoms with van der Waals surface area (Å²) in [5.74, 6) is 0.168. The van der Waals surface area contributed by atoms with E-state index in [1.165, 1.54) is 19.2 Å². The summed E-state index contributed by atoms with van der Waals surface area (Å²) in [7, 11) is 1.49. The summed E-state index contributed by atoms with van der Waals surface area (Å²) in [4.78, 5) is 11.9. The molecule has 7 heteroatoms. The van der Waals surface area contributed by atoms with Gasteiger partial charge >= 0.3 is 6.03 Å². The van der Waals surface area contributed by atoms with Crippen LogP contribution in [0.3, 0.4) is 0 Å². The zero-order valence-electron chi connectivity index (χ0n) is 13.4. The summed E-state index contributed by atoms with van der Waals surface area (Å²) < 4.78 is 23.8. The average Bonchev–Trinajstić information content (AvgIpc) is 2.56. The fourth-order valence-electron chi connectivity index (χ4n) is 1.98. The summed E-state index contributed by atoms with van der Waals surface area (Å²) in [5, 5.41) is 5.85. The van der Waals surface area contributed by atoms with E-state index in [-0.39, 0.29) is 18.9 Å². The third-order valence-electron chi connectivity index (χ3n) is 3.21. The number of urea groups is 1. The molecule has 0 bridgehead atoms. The first-order valence-electron chi connectivity index (χ1n) is 7.27. The first-order valence-corrected chi connectivity index (χ1v) is 7.65. The van der Waals surface area contributed by atoms with E-state index in [4.69, 9.17) is 21.1 Å². The molecule has 128 valence electrons. The van der Waals surface area contributed by atoms with E-state index >= 15 is 0 Å². The van der Waals surface area contributed by atoms with E-state index in [0.717, 1.165) is 5.56 Å². The molecule has 2 aromatic rings. The Labute approximate surface area is 144 Å². The topological polar surface area (TPSA) is 59.6 Å². The average molecular weight is 353 g/mol. The van der Waals surface area contributed by atoms with Crippen molar-refractivity contribution < 1.29 is 18.7 Å². The van der Waals surface area contributed by atoms with E-state index in [0.29, 0.717) is 16.5 Å². The second-order valence-corrected chi connectivity index (χ2v) is 5.37. The van der Waals surface area contributed by atoms with Crippen molar-refractivity contribution in [1.29, 1.82) is 0 Å². The summed E-state index contributed by atoms with van der Waals surface area (Å²) in [5.41, 5.74) is 1.32. The van der Waals surface area contributed by atoms with Gasteiger partial charge in [-0.25, -0.2) is 9.18 Å². The minimum absolute atomic E-state index is 0.144. The van der Waals surface area contributed by atoms with Crippen LogP contribution in [0.4, 0.5) is 14.9 Å². The predicted octanol–water partition coefficient (Wildman–Crippen LogP) is 4.00. The number of carbonyl (C=O) groups is 1. The Morgan fingerprint density at radius 3 is 2.71 bits per heavy atom. The molecule has 2 amide bonds. The van der Waals surface area contributed by atoms with E-state index in [2.05, 4.69) is 10.6 Å². The minimum Gasteiger partial charge on any atom is -0.495 e. The number of anilines is 1. The van der Waals surface area contributed by atoms with Crippen LogP contribution in [-0.4, -0.2) is 26.3 Å². The number of benzene rings is 2. The monoisotopic (exact) mass is 352 g/mol. The molecule has 0 fully saturated rings. The molecule has 2 N–H and O–H groups in total. The number of hydrogen-bond acceptors (Lipinski definition) is 3. The molecule has 0 aliphatic rings. The van der Waals surface area contributed by atoms with Crippen LogP contribution in [0.25, 0.3) is 0 Å². The third kappa shape index (κ3) is 4.76. The van der Waals surface area contributed by atoms with Crippen LogP contribution in [0, 0.1) is 12.7 Å². The van der Waals surface area contributed by atoms with Gasteiger partial charge in [-0.1, -0.05) is 23.7 Å². The molecule has 0 unspecified atom stereocenters. The predicted molar refractivity (Wildman–Crippen MR) is 91.7 cm³/mol. The lowest BCUT2D eigenvalue weighted by molar-refractivity contribution is 0.246. The Kier molecular flexibility index (Phi) is 6.26. The highest BCUT2D eigenvalue weighted by molar-refractivity contribution is 6.31. The molecule has 0 heterocycles. The van der Waals surface area contributed by atoms with Crippen molar-refractivity contribution in [3.8, 4) is 11.5 Å². The number of methoxy groups -OCH3 is 1. The number of halogens is 2. The maximum Gasteiger partial charge on any atom is 0.319 e. The van der Waals surface area contributed by atoms with Gasteiger partial charge in [0.05, 0.1) is 19.3 Å². The smallest absolute Gasteiger partial charge is 0.319 e. The maximum absolute atomic E-state index is 13.4. The molecule has 0 aliphatic heterocycles. The number of amides is 2. The van der Waals surface area contributed by atoms with E-state index < -0.39 is 11.8 Å². The number of nitrogens with one attached hydrogen (secondary N) is 2. The van der Waals surface area contributed by atoms with Crippen LogP contribution in [0.2, 0.25) is 5.02 Å². The van der Waals surface area contributed by atoms with Crippen LogP contribution in [0.5, 0.6) is 11.5 Å². The maximum atomic E-state index is 13.4. The molecule has 0 atom stereocenters. The lowest BCUT2D eigenvalue weighted by Crippen LogP contribution is -2.32. The molecule has 0 spiro atoms. The molecule has 2 rings (SSSR count). The zero-order chi connectivity index (χ0) is 17.5. The van der Waals surface area contributed by atoms with Crippen LogP contribution in [-0.2, 0) is 0 Å². The molecule has 0 aromatic heterocycles. The van der Waals surface area contributed by atoms with Crippen molar-refractivity contribution >= 4 is 23.3 Å². The second kappa shape index (κ2) is 8.40. The van der Waals surface area contributed by atoms with Gasteiger partial charge in [0, 0.05) is 11.1 Å². The molecular formula is C17H18ClFN2O3. The van der Waals surface area contributed by atoms with Gasteiger partial charge in [0.15, 0.2) is 11.6 Å². The van der Waals surface area contributed by atoms with E-state index in [1.54, 1.807) is 24.3 Å². The van der Waals surface area contributed by atoms with Gasteiger partial charge < -0.3 is 20.1 Å². The quantitative estimate of drug-likeness (QED) is 0.773. The first kappa shape index (κ1) is 17.9. The fourth-order valence-corrected chi connectivity index (χ4v) is 2.14. The van der Waals surface area contributed by atoms with Crippen molar-refractivity contribution in [2.75, 3.05) is 25.6 Å². The van der Waals surface area contributed by atoms with Crippen molar-refractivity contribution in [1.82, 2.24) is 5.32 Å². The number of para-hydroxylation sites is 1. The SMILES string of the molecule is COc1cc(Cl)c(C)cc1NC(=O)NCCOc1ccccc1F. The number of carbonyl (C=O) groups excluding carboxylic acids is 1. The first-order chi connectivity index (χ1) is 11.5. The molecule has 5 nitrogen and oxygen atoms in total. The summed E-state index contributed by atoms with van der Waals surface area (Å²) in [6.07, 6.45) is 0. The third-order valence-corrected chi connectivity index (χ3v) is 3.62. The van der Waals surface area contributed by atoms with Crippen molar-refractivity contribution in [2.45, 2.75) is 6.92 Å². The molecular weight excluding hydrogens is 335 g/mol. The van der Waals surface area contributed by atoms with Gasteiger partial charge in [0.2, 0.25) is 0 Å². The Hall–Kier alpha value is -2.47. The molecule has 0 saturated carbocycles. The van der Waals surface area contributed by atoms with Crippen LogP contribution >= 0.6 is 11.6 Å². The summed E-state index contributed by atoms with van der Waals surface area (Å²) in [6, 6.07) is 9.02. The number of aryl methyl sites for hydroxylation is 1. The lowest BCUT2D eigenvalue weighted by Gasteiger charge is -2.13. The zero-order valence-corrected chi connectivity index (χ0v) is 14.1. The highest BCUT2D eigenvalue weighted by Gasteiger charge is 2.10. The van der Waals surface area contributed by atoms with Gasteiger partial charge in [0.1, 0.15) is 12.4 Å². The second-order valence-electron chi connectivity index (χ2n) is 4.96. The Balaban J connectivity index is 1.84. The van der Waals surface area contributed by atoms with Crippen molar-refractivity contribution in [2.24, 2.45) is 0 Å². The minimum atomic E-state index is -0.441. The number of hydrogen-bond donors (Lipinski definition) is 2. The molecule has 24 heavy (non-hydrogen) atoms. The Morgan fingerprint density at radius 2 is 2.00 bits per heavy atom. The van der Waals surface area contributed by atoms with E-state index in [9.17, 15) is 9.18 Å². The van der Waals surface area contributed by atoms with E-state index in [1.807, 2.05) is 6.92 Å². The van der Waals surface area contributed by atoms with Crippen LogP contribution < -0.4 is 20.1 Å². The number of rotatable bonds is 6. The standard InChI is InChI=1S/C17H18ClFN2O3/c1-11-9-14(16(23-2)10-12(11)18)21-17(22)20-7-8-24-15-6-4-3-5-13(15)19/h3-6,9-10H,7-8H2,1-2H3,(H2,20,21,22). The fraction of sp³-hybridized carbons (Fsp3) is 0.235. The van der Waals surface area contributed by atoms with Gasteiger partial charge in [0.25, 0.3) is 0 Å². The Bertz CT molecular complexity index is 725. The molecule has 0 saturated heterocycles. The lowest BCUT2D eigenvalue weighted by atomic mass is 10.2. The molecule has 0 aliphatic carbocycles. The largest absolute Gasteiger partial charge is 0.495 e. The van der Waals surface area contributed by atoms with Gasteiger partial charge in [-0.2, -0.15) is 0 Å². The molecule has 0 radical (unpaired) electrons. The van der Waals surface area contributed by atoms with Crippen molar-refractivity contribution in [3.63, 3.8) is 0 Å². The van der Waals surface area contributed by atoms with Gasteiger partial charge in [-0.3, -0.25) is 0 Å². The molecule has 2 aromatic carbocycles. The highest BCUT2D eigenvalue weighted by Crippen LogP contribution is 2.30. The summed E-state index contributed by atoms with van der Waals surface area (Å²) >= 11 is 6.02. The van der Waals surface area contributed by atoms with Gasteiger partial charge in [-0.05, 0) is 30.7 Å². The normalized spacial score (nSPS) is 10.2. The van der Waals surface area contributed by atoms with Crippen molar-refractivity contribution in [3.05, 3.63) is 52.8 Å². The summed E-state index contributed by atoms with van der Waals surface area (Å²) in [6.45, 7) is 2.19. The van der Waals surface area contributed by atoms with Gasteiger partial charge in [-0.15, -0.1) is 0 Å². The Morgan fingerprint density at radius 1 is 1.25 bits per heavy atom. The number of ether oxygens (including phenoxy) is 2. The van der Waals surface area contributed by atoms with Crippen LogP contribution in [0.1, 0.15) is 5.56 Å². The highest BCUT2D eigenvalue weighted by atomic mass is 35.5. The van der Waals surface area contributed by atoms with Crippen LogP contribution in [0.15, 0.2) is 36.4 Å².